The molecule has 0 aromatic carbocycles. The molecule has 2 fully saturated rings. The van der Waals surface area contributed by atoms with Gasteiger partial charge in [0.05, 0.1) is 12.6 Å². The van der Waals surface area contributed by atoms with E-state index in [4.69, 9.17) is 5.73 Å². The van der Waals surface area contributed by atoms with Crippen LogP contribution in [0.5, 0.6) is 0 Å². The van der Waals surface area contributed by atoms with Gasteiger partial charge >= 0.3 is 0 Å². The summed E-state index contributed by atoms with van der Waals surface area (Å²) in [5.74, 6) is -0.230. The molecule has 0 radical (unpaired) electrons. The van der Waals surface area contributed by atoms with Crippen LogP contribution >= 0.6 is 15.9 Å². The molecule has 5 heteroatoms. The van der Waals surface area contributed by atoms with Crippen LogP contribution in [0.15, 0.2) is 22.3 Å². The minimum Gasteiger partial charge on any atom is -0.369 e. The van der Waals surface area contributed by atoms with Gasteiger partial charge in [-0.1, -0.05) is 12.2 Å². The first-order valence-corrected chi connectivity index (χ1v) is 7.31. The first-order chi connectivity index (χ1) is 8.66. The maximum absolute atomic E-state index is 11.2. The average Bonchev–Trinajstić information content (AvgIpc) is 2.76. The summed E-state index contributed by atoms with van der Waals surface area (Å²) in [7, 11) is 0. The van der Waals surface area contributed by atoms with E-state index in [0.717, 1.165) is 19.5 Å². The molecular weight excluding hydrogens is 294 g/mol. The molecule has 2 aliphatic heterocycles. The van der Waals surface area contributed by atoms with Crippen LogP contribution in [0.25, 0.3) is 0 Å². The van der Waals surface area contributed by atoms with E-state index < -0.39 is 0 Å². The second-order valence-electron chi connectivity index (χ2n) is 5.27. The van der Waals surface area contributed by atoms with E-state index in [1.54, 1.807) is 0 Å². The highest BCUT2D eigenvalue weighted by Gasteiger charge is 2.41. The molecule has 0 bridgehead atoms. The van der Waals surface area contributed by atoms with E-state index >= 15 is 0 Å². The number of nitrogens with two attached hydrogens (primary N) is 1. The summed E-state index contributed by atoms with van der Waals surface area (Å²) in [6.07, 6.45) is 7.74. The summed E-state index contributed by atoms with van der Waals surface area (Å²) in [6.45, 7) is 2.47. The molecule has 4 nitrogen and oxygen atoms in total. The highest BCUT2D eigenvalue weighted by Crippen LogP contribution is 2.38. The Morgan fingerprint density at radius 3 is 3.17 bits per heavy atom. The van der Waals surface area contributed by atoms with Crippen LogP contribution in [0.4, 0.5) is 0 Å². The molecule has 0 saturated carbocycles. The Hall–Kier alpha value is -0.810. The van der Waals surface area contributed by atoms with Crippen LogP contribution in [0.2, 0.25) is 0 Å². The third-order valence-corrected chi connectivity index (χ3v) is 4.79. The number of carbonyl (C=O) groups excluding carboxylic acids is 1. The highest BCUT2D eigenvalue weighted by molar-refractivity contribution is 9.11. The number of hydrogen-bond donors (Lipinski definition) is 1. The fourth-order valence-corrected chi connectivity index (χ4v) is 4.10. The monoisotopic (exact) mass is 311 g/mol. The molecule has 2 saturated heterocycles. The van der Waals surface area contributed by atoms with Crippen molar-refractivity contribution < 1.29 is 4.79 Å². The van der Waals surface area contributed by atoms with E-state index in [-0.39, 0.29) is 5.91 Å². The molecule has 98 valence electrons. The molecule has 3 aliphatic rings. The van der Waals surface area contributed by atoms with E-state index in [0.29, 0.717) is 18.6 Å². The lowest BCUT2D eigenvalue weighted by atomic mass is 9.96. The number of primary amides is 1. The van der Waals surface area contributed by atoms with Crippen molar-refractivity contribution in [1.29, 1.82) is 0 Å². The zero-order chi connectivity index (χ0) is 12.7. The second-order valence-corrected chi connectivity index (χ2v) is 6.13. The summed E-state index contributed by atoms with van der Waals surface area (Å²) in [5.41, 5.74) is 6.73. The number of fused-ring (bicyclic) bond motifs is 3. The summed E-state index contributed by atoms with van der Waals surface area (Å²) in [4.78, 5) is 16.0. The van der Waals surface area contributed by atoms with Gasteiger partial charge in [0.2, 0.25) is 5.91 Å². The molecule has 3 rings (SSSR count). The van der Waals surface area contributed by atoms with Crippen LogP contribution in [0, 0.1) is 0 Å². The smallest absolute Gasteiger partial charge is 0.231 e. The molecule has 2 atom stereocenters. The van der Waals surface area contributed by atoms with Crippen molar-refractivity contribution in [3.05, 3.63) is 22.3 Å². The third-order valence-electron chi connectivity index (χ3n) is 4.12. The van der Waals surface area contributed by atoms with E-state index in [9.17, 15) is 4.79 Å². The van der Waals surface area contributed by atoms with Crippen molar-refractivity contribution in [2.24, 2.45) is 5.73 Å². The van der Waals surface area contributed by atoms with Crippen LogP contribution in [0.1, 0.15) is 19.3 Å². The van der Waals surface area contributed by atoms with Gasteiger partial charge in [-0.25, -0.2) is 0 Å². The van der Waals surface area contributed by atoms with Crippen LogP contribution < -0.4 is 5.73 Å². The minimum absolute atomic E-state index is 0.230. The van der Waals surface area contributed by atoms with Gasteiger partial charge in [0, 0.05) is 29.3 Å². The van der Waals surface area contributed by atoms with Gasteiger partial charge in [-0.3, -0.25) is 9.69 Å². The summed E-state index contributed by atoms with van der Waals surface area (Å²) in [6, 6.07) is 0.862. The van der Waals surface area contributed by atoms with Crippen molar-refractivity contribution >= 4 is 21.8 Å². The first kappa shape index (κ1) is 12.2. The summed E-state index contributed by atoms with van der Waals surface area (Å²) >= 11 is 3.67. The van der Waals surface area contributed by atoms with Crippen LogP contribution in [0.3, 0.4) is 0 Å². The molecule has 1 amide bonds. The second kappa shape index (κ2) is 4.70. The lowest BCUT2D eigenvalue weighted by Gasteiger charge is -2.47. The number of hydrogen-bond acceptors (Lipinski definition) is 3. The van der Waals surface area contributed by atoms with Crippen molar-refractivity contribution in [1.82, 2.24) is 9.80 Å². The Balaban J connectivity index is 1.93. The summed E-state index contributed by atoms with van der Waals surface area (Å²) < 4.78 is 1.17. The molecule has 2 heterocycles. The Bertz CT molecular complexity index is 432. The number of carbonyl (C=O) groups is 1. The number of halogens is 1. The van der Waals surface area contributed by atoms with E-state index in [1.165, 1.54) is 23.0 Å². The van der Waals surface area contributed by atoms with Crippen LogP contribution in [-0.2, 0) is 4.79 Å². The normalized spacial score (nSPS) is 31.5. The molecule has 0 spiro atoms. The van der Waals surface area contributed by atoms with Gasteiger partial charge in [-0.05, 0) is 35.2 Å². The SMILES string of the molecule is NC(=O)CN1C[C@@H]2CCCN2C2=C(Br)C=CC[C@H]21. The lowest BCUT2D eigenvalue weighted by molar-refractivity contribution is -0.120. The maximum atomic E-state index is 11.2. The fourth-order valence-electron chi connectivity index (χ4n) is 3.42. The quantitative estimate of drug-likeness (QED) is 0.833. The van der Waals surface area contributed by atoms with Crippen molar-refractivity contribution in [3.8, 4) is 0 Å². The topological polar surface area (TPSA) is 49.6 Å². The Kier molecular flexibility index (Phi) is 3.20. The Morgan fingerprint density at radius 2 is 2.39 bits per heavy atom. The van der Waals surface area contributed by atoms with Gasteiger partial charge in [0.25, 0.3) is 0 Å². The van der Waals surface area contributed by atoms with Gasteiger partial charge in [-0.2, -0.15) is 0 Å². The lowest BCUT2D eigenvalue weighted by Crippen LogP contribution is -2.56. The third kappa shape index (κ3) is 1.99. The zero-order valence-corrected chi connectivity index (χ0v) is 11.9. The fraction of sp³-hybridized carbons (Fsp3) is 0.615. The molecule has 1 aliphatic carbocycles. The van der Waals surface area contributed by atoms with Crippen molar-refractivity contribution in [3.63, 3.8) is 0 Å². The maximum Gasteiger partial charge on any atom is 0.231 e. The standard InChI is InChI=1S/C13H18BrN3O/c14-10-4-1-5-11-13(10)17-6-2-3-9(17)7-16(11)8-12(15)18/h1,4,9,11H,2-3,5-8H2,(H2,15,18)/t9-,11+/m0/s1. The van der Waals surface area contributed by atoms with Crippen molar-refractivity contribution in [2.45, 2.75) is 31.3 Å². The Labute approximate surface area is 116 Å². The molecule has 0 aromatic heterocycles. The molecular formula is C13H18BrN3O. The van der Waals surface area contributed by atoms with Crippen molar-refractivity contribution in [2.75, 3.05) is 19.6 Å². The van der Waals surface area contributed by atoms with E-state index in [1.807, 2.05) is 0 Å². The largest absolute Gasteiger partial charge is 0.369 e. The van der Waals surface area contributed by atoms with Gasteiger partial charge < -0.3 is 10.6 Å². The Morgan fingerprint density at radius 1 is 1.56 bits per heavy atom. The minimum atomic E-state index is -0.230. The van der Waals surface area contributed by atoms with E-state index in [2.05, 4.69) is 37.9 Å². The highest BCUT2D eigenvalue weighted by atomic mass is 79.9. The number of rotatable bonds is 2. The number of allylic oxidation sites excluding steroid dienone is 2. The average molecular weight is 312 g/mol. The number of piperazine rings is 1. The van der Waals surface area contributed by atoms with Gasteiger partial charge in [0.1, 0.15) is 0 Å². The van der Waals surface area contributed by atoms with Gasteiger partial charge in [0.15, 0.2) is 0 Å². The zero-order valence-electron chi connectivity index (χ0n) is 10.3. The summed E-state index contributed by atoms with van der Waals surface area (Å²) in [5, 5.41) is 0. The van der Waals surface area contributed by atoms with Gasteiger partial charge in [-0.15, -0.1) is 0 Å². The van der Waals surface area contributed by atoms with Crippen LogP contribution in [-0.4, -0.2) is 47.4 Å². The predicted molar refractivity (Wildman–Crippen MR) is 74.0 cm³/mol. The number of nitrogens with zero attached hydrogens (tertiary/aromatic N) is 2. The first-order valence-electron chi connectivity index (χ1n) is 6.52. The predicted octanol–water partition coefficient (Wildman–Crippen LogP) is 1.19. The number of amides is 1. The molecule has 2 N–H and O–H groups in total. The molecule has 0 unspecified atom stereocenters. The molecule has 18 heavy (non-hydrogen) atoms. The molecule has 0 aromatic rings.